The molecule has 1 aliphatic rings. The molecule has 96 valence electrons. The fraction of sp³-hybridized carbons (Fsp3) is 0.188. The molecule has 0 atom stereocenters. The van der Waals surface area contributed by atoms with Crippen LogP contribution in [0.25, 0.3) is 11.3 Å². The monoisotopic (exact) mass is 251 g/mol. The van der Waals surface area contributed by atoms with E-state index in [1.165, 1.54) is 16.8 Å². The topological polar surface area (TPSA) is 21.1 Å². The molecule has 0 amide bonds. The zero-order chi connectivity index (χ0) is 13.2. The van der Waals surface area contributed by atoms with Crippen molar-refractivity contribution < 1.29 is 0 Å². The molecule has 0 radical (unpaired) electrons. The highest BCUT2D eigenvalue weighted by molar-refractivity contribution is 5.73. The van der Waals surface area contributed by atoms with E-state index in [-0.39, 0.29) is 0 Å². The van der Waals surface area contributed by atoms with Crippen LogP contribution in [0.1, 0.15) is 5.56 Å². The first-order chi connectivity index (χ1) is 9.27. The van der Waals surface area contributed by atoms with Gasteiger partial charge in [0.1, 0.15) is 0 Å². The third-order valence-corrected chi connectivity index (χ3v) is 3.52. The molecule has 2 heterocycles. The number of anilines is 1. The van der Waals surface area contributed by atoms with Crippen LogP contribution in [0.4, 0.5) is 5.69 Å². The van der Waals surface area contributed by atoms with Crippen LogP contribution in [0, 0.1) is 6.92 Å². The molecule has 0 spiro atoms. The smallest absolute Gasteiger partial charge is 0.0948 e. The summed E-state index contributed by atoms with van der Waals surface area (Å²) in [5.41, 5.74) is 4.92. The number of aryl methyl sites for hydroxylation is 1. The molecule has 0 fully saturated rings. The zero-order valence-electron chi connectivity index (χ0n) is 11.2. The maximum atomic E-state index is 4.21. The van der Waals surface area contributed by atoms with Crippen LogP contribution >= 0.6 is 0 Å². The minimum absolute atomic E-state index is 0.923. The summed E-state index contributed by atoms with van der Waals surface area (Å²) in [4.78, 5) is 6.46. The number of hydrogen-bond donors (Lipinski definition) is 0. The molecule has 1 aliphatic heterocycles. The number of nitrogens with zero attached hydrogens (tertiary/aromatic N) is 3. The number of benzene rings is 1. The van der Waals surface area contributed by atoms with E-state index < -0.39 is 0 Å². The van der Waals surface area contributed by atoms with Gasteiger partial charge < -0.3 is 9.47 Å². The van der Waals surface area contributed by atoms with E-state index in [1.807, 2.05) is 19.6 Å². The summed E-state index contributed by atoms with van der Waals surface area (Å²) in [6.45, 7) is 3.09. The zero-order valence-corrected chi connectivity index (χ0v) is 11.2. The van der Waals surface area contributed by atoms with Crippen LogP contribution in [0.15, 0.2) is 55.2 Å². The first-order valence-electron chi connectivity index (χ1n) is 6.43. The first kappa shape index (κ1) is 11.8. The second kappa shape index (κ2) is 4.76. The molecule has 1 aromatic carbocycles. The quantitative estimate of drug-likeness (QED) is 0.816. The number of rotatable bonds is 2. The molecule has 2 aromatic rings. The molecule has 0 N–H and O–H groups in total. The van der Waals surface area contributed by atoms with Gasteiger partial charge in [-0.05, 0) is 24.6 Å². The van der Waals surface area contributed by atoms with E-state index in [2.05, 4.69) is 64.0 Å². The lowest BCUT2D eigenvalue weighted by molar-refractivity contribution is 0.920. The van der Waals surface area contributed by atoms with Crippen molar-refractivity contribution in [2.45, 2.75) is 6.92 Å². The molecule has 0 aliphatic carbocycles. The van der Waals surface area contributed by atoms with Crippen LogP contribution in [-0.2, 0) is 7.05 Å². The molecule has 3 nitrogen and oxygen atoms in total. The van der Waals surface area contributed by atoms with E-state index in [1.54, 1.807) is 0 Å². The minimum atomic E-state index is 0.923. The summed E-state index contributed by atoms with van der Waals surface area (Å²) in [7, 11) is 2.03. The Bertz CT molecular complexity index is 650. The van der Waals surface area contributed by atoms with Gasteiger partial charge in [0.25, 0.3) is 0 Å². The molecule has 0 bridgehead atoms. The van der Waals surface area contributed by atoms with Crippen molar-refractivity contribution in [2.24, 2.45) is 7.05 Å². The summed E-state index contributed by atoms with van der Waals surface area (Å²) in [5.74, 6) is 0. The Balaban J connectivity index is 2.07. The van der Waals surface area contributed by atoms with E-state index in [4.69, 9.17) is 0 Å². The van der Waals surface area contributed by atoms with Crippen LogP contribution in [0.3, 0.4) is 0 Å². The van der Waals surface area contributed by atoms with Gasteiger partial charge in [0.05, 0.1) is 18.2 Å². The molecule has 1 aromatic heterocycles. The number of allylic oxidation sites excluding steroid dienone is 2. The molecule has 19 heavy (non-hydrogen) atoms. The van der Waals surface area contributed by atoms with Crippen LogP contribution in [0.5, 0.6) is 0 Å². The van der Waals surface area contributed by atoms with Gasteiger partial charge in [0.2, 0.25) is 0 Å². The van der Waals surface area contributed by atoms with E-state index in [0.29, 0.717) is 0 Å². The Morgan fingerprint density at radius 1 is 1.21 bits per heavy atom. The molecule has 0 saturated heterocycles. The van der Waals surface area contributed by atoms with Gasteiger partial charge in [0, 0.05) is 31.0 Å². The Morgan fingerprint density at radius 2 is 2.11 bits per heavy atom. The molecule has 0 unspecified atom stereocenters. The Morgan fingerprint density at radius 3 is 2.79 bits per heavy atom. The van der Waals surface area contributed by atoms with Crippen molar-refractivity contribution in [1.82, 2.24) is 9.55 Å². The highest BCUT2D eigenvalue weighted by Gasteiger charge is 2.12. The van der Waals surface area contributed by atoms with Crippen molar-refractivity contribution in [1.29, 1.82) is 0 Å². The van der Waals surface area contributed by atoms with Gasteiger partial charge in [-0.3, -0.25) is 0 Å². The normalized spacial score (nSPS) is 14.1. The third-order valence-electron chi connectivity index (χ3n) is 3.52. The van der Waals surface area contributed by atoms with E-state index >= 15 is 0 Å². The average Bonchev–Trinajstić information content (AvgIpc) is 2.86. The lowest BCUT2D eigenvalue weighted by atomic mass is 10.0. The summed E-state index contributed by atoms with van der Waals surface area (Å²) in [6.07, 6.45) is 12.2. The second-order valence-electron chi connectivity index (χ2n) is 4.76. The lowest BCUT2D eigenvalue weighted by Gasteiger charge is -2.24. The molecular weight excluding hydrogens is 234 g/mol. The fourth-order valence-electron chi connectivity index (χ4n) is 2.47. The van der Waals surface area contributed by atoms with Gasteiger partial charge in [0.15, 0.2) is 0 Å². The standard InChI is InChI=1S/C16H17N3/c1-13-14(16-11-17-12-18(16)2)7-6-8-15(13)19-9-4-3-5-10-19/h3-9,11-12H,10H2,1-2H3. The molecule has 0 saturated carbocycles. The summed E-state index contributed by atoms with van der Waals surface area (Å²) in [6, 6.07) is 6.43. The number of aromatic nitrogens is 2. The molecule has 3 rings (SSSR count). The van der Waals surface area contributed by atoms with Crippen LogP contribution in [0.2, 0.25) is 0 Å². The van der Waals surface area contributed by atoms with E-state index in [9.17, 15) is 0 Å². The highest BCUT2D eigenvalue weighted by Crippen LogP contribution is 2.30. The van der Waals surface area contributed by atoms with Gasteiger partial charge in [-0.25, -0.2) is 4.98 Å². The van der Waals surface area contributed by atoms with Gasteiger partial charge in [-0.2, -0.15) is 0 Å². The SMILES string of the molecule is Cc1c(-c2cncn2C)cccc1N1C=CC=CC1. The van der Waals surface area contributed by atoms with Gasteiger partial charge >= 0.3 is 0 Å². The van der Waals surface area contributed by atoms with E-state index in [0.717, 1.165) is 12.2 Å². The van der Waals surface area contributed by atoms with Crippen LogP contribution in [-0.4, -0.2) is 16.1 Å². The van der Waals surface area contributed by atoms with Gasteiger partial charge in [-0.1, -0.05) is 24.3 Å². The predicted octanol–water partition coefficient (Wildman–Crippen LogP) is 3.29. The Hall–Kier alpha value is -2.29. The second-order valence-corrected chi connectivity index (χ2v) is 4.76. The Labute approximate surface area is 113 Å². The lowest BCUT2D eigenvalue weighted by Crippen LogP contribution is -2.18. The molecular formula is C16H17N3. The predicted molar refractivity (Wildman–Crippen MR) is 79.0 cm³/mol. The van der Waals surface area contributed by atoms with Crippen molar-refractivity contribution in [3.63, 3.8) is 0 Å². The largest absolute Gasteiger partial charge is 0.344 e. The van der Waals surface area contributed by atoms with Crippen molar-refractivity contribution in [3.8, 4) is 11.3 Å². The van der Waals surface area contributed by atoms with Crippen molar-refractivity contribution >= 4 is 5.69 Å². The third kappa shape index (κ3) is 2.08. The number of imidazole rings is 1. The highest BCUT2D eigenvalue weighted by atomic mass is 15.1. The minimum Gasteiger partial charge on any atom is -0.344 e. The summed E-state index contributed by atoms with van der Waals surface area (Å²) in [5, 5.41) is 0. The summed E-state index contributed by atoms with van der Waals surface area (Å²) < 4.78 is 2.05. The maximum Gasteiger partial charge on any atom is 0.0948 e. The first-order valence-corrected chi connectivity index (χ1v) is 6.43. The average molecular weight is 251 g/mol. The maximum absolute atomic E-state index is 4.21. The summed E-state index contributed by atoms with van der Waals surface area (Å²) >= 11 is 0. The fourth-order valence-corrected chi connectivity index (χ4v) is 2.47. The van der Waals surface area contributed by atoms with Crippen molar-refractivity contribution in [3.05, 3.63) is 60.7 Å². The molecule has 3 heteroatoms. The Kier molecular flexibility index (Phi) is 2.95. The number of hydrogen-bond acceptors (Lipinski definition) is 2. The van der Waals surface area contributed by atoms with Crippen molar-refractivity contribution in [2.75, 3.05) is 11.4 Å². The van der Waals surface area contributed by atoms with Gasteiger partial charge in [-0.15, -0.1) is 0 Å². The van der Waals surface area contributed by atoms with Crippen LogP contribution < -0.4 is 4.90 Å².